The predicted octanol–water partition coefficient (Wildman–Crippen LogP) is 3.56. The van der Waals surface area contributed by atoms with Gasteiger partial charge in [-0.1, -0.05) is 32.0 Å². The highest BCUT2D eigenvalue weighted by molar-refractivity contribution is 5.97. The molecule has 4 rings (SSSR count). The zero-order valence-electron chi connectivity index (χ0n) is 25.6. The number of anilines is 1. The van der Waals surface area contributed by atoms with Crippen molar-refractivity contribution >= 4 is 22.9 Å². The van der Waals surface area contributed by atoms with E-state index in [1.54, 1.807) is 37.5 Å². The van der Waals surface area contributed by atoms with E-state index in [1.165, 1.54) is 15.5 Å². The van der Waals surface area contributed by atoms with Crippen LogP contribution in [0, 0.1) is 16.7 Å². The lowest BCUT2D eigenvalue weighted by atomic mass is 9.93. The van der Waals surface area contributed by atoms with Gasteiger partial charge < -0.3 is 25.8 Å². The second kappa shape index (κ2) is 13.5. The molecule has 2 heterocycles. The van der Waals surface area contributed by atoms with Gasteiger partial charge in [0.25, 0.3) is 5.91 Å². The van der Waals surface area contributed by atoms with Crippen LogP contribution in [0.4, 0.5) is 5.82 Å². The highest BCUT2D eigenvalue weighted by Crippen LogP contribution is 2.26. The van der Waals surface area contributed by atoms with E-state index in [0.29, 0.717) is 41.5 Å². The van der Waals surface area contributed by atoms with Gasteiger partial charge in [0, 0.05) is 37.7 Å². The molecule has 0 aliphatic heterocycles. The van der Waals surface area contributed by atoms with Gasteiger partial charge in [-0.05, 0) is 56.3 Å². The van der Waals surface area contributed by atoms with Gasteiger partial charge >= 0.3 is 5.69 Å². The molecule has 0 bridgehead atoms. The van der Waals surface area contributed by atoms with Gasteiger partial charge in [-0.3, -0.25) is 13.9 Å². The van der Waals surface area contributed by atoms with Gasteiger partial charge in [0.2, 0.25) is 0 Å². The lowest BCUT2D eigenvalue weighted by molar-refractivity contribution is -0.117. The van der Waals surface area contributed by atoms with Crippen LogP contribution in [-0.2, 0) is 16.1 Å². The van der Waals surface area contributed by atoms with Gasteiger partial charge in [-0.25, -0.2) is 14.8 Å². The number of nitrogens with two attached hydrogens (primary N) is 1. The minimum atomic E-state index is -0.613. The van der Waals surface area contributed by atoms with Crippen molar-refractivity contribution in [1.29, 1.82) is 5.26 Å². The zero-order chi connectivity index (χ0) is 31.9. The third kappa shape index (κ3) is 7.69. The van der Waals surface area contributed by atoms with Gasteiger partial charge in [-0.2, -0.15) is 5.26 Å². The Morgan fingerprint density at radius 1 is 1.07 bits per heavy atom. The number of hydrogen-bond donors (Lipinski definition) is 3. The number of carbonyl (C=O) groups is 1. The fraction of sp³-hybridized carbons (Fsp3) is 0.344. The number of fused-ring (bicyclic) bond motifs is 1. The molecule has 12 heteroatoms. The van der Waals surface area contributed by atoms with Crippen molar-refractivity contribution in [2.75, 3.05) is 32.5 Å². The van der Waals surface area contributed by atoms with Gasteiger partial charge in [0.1, 0.15) is 35.0 Å². The van der Waals surface area contributed by atoms with Gasteiger partial charge in [0.15, 0.2) is 11.5 Å². The molecule has 0 aliphatic rings. The number of ether oxygens (including phenoxy) is 2. The van der Waals surface area contributed by atoms with Crippen LogP contribution >= 0.6 is 0 Å². The molecule has 12 nitrogen and oxygen atoms in total. The molecular formula is C32H38N8O4. The fourth-order valence-electron chi connectivity index (χ4n) is 4.71. The van der Waals surface area contributed by atoms with Crippen LogP contribution in [0.1, 0.15) is 27.7 Å². The smallest absolute Gasteiger partial charge is 0.335 e. The third-order valence-electron chi connectivity index (χ3n) is 6.88. The lowest BCUT2D eigenvalue weighted by Gasteiger charge is -2.26. The average Bonchev–Trinajstić information content (AvgIpc) is 3.27. The van der Waals surface area contributed by atoms with Crippen molar-refractivity contribution in [1.82, 2.24) is 29.7 Å². The first-order valence-corrected chi connectivity index (χ1v) is 14.1. The highest BCUT2D eigenvalue weighted by atomic mass is 16.5. The maximum atomic E-state index is 13.9. The lowest BCUT2D eigenvalue weighted by Crippen LogP contribution is -2.42. The third-order valence-corrected chi connectivity index (χ3v) is 6.88. The van der Waals surface area contributed by atoms with Crippen LogP contribution in [0.15, 0.2) is 77.4 Å². The number of nitrogens with one attached hydrogen (secondary N) is 2. The van der Waals surface area contributed by atoms with Crippen molar-refractivity contribution in [2.45, 2.75) is 39.8 Å². The van der Waals surface area contributed by atoms with Crippen LogP contribution < -0.4 is 26.8 Å². The Bertz CT molecular complexity index is 1730. The number of methoxy groups -OCH3 is 1. The van der Waals surface area contributed by atoms with Crippen LogP contribution in [0.3, 0.4) is 0 Å². The average molecular weight is 599 g/mol. The van der Waals surface area contributed by atoms with E-state index < -0.39 is 16.9 Å². The molecule has 1 amide bonds. The molecular weight excluding hydrogens is 560 g/mol. The van der Waals surface area contributed by atoms with E-state index in [1.807, 2.05) is 64.1 Å². The van der Waals surface area contributed by atoms with Gasteiger partial charge in [-0.15, -0.1) is 0 Å². The van der Waals surface area contributed by atoms with E-state index in [0.717, 1.165) is 0 Å². The fourth-order valence-corrected chi connectivity index (χ4v) is 4.71. The van der Waals surface area contributed by atoms with Crippen molar-refractivity contribution in [2.24, 2.45) is 5.41 Å². The molecule has 0 unspecified atom stereocenters. The number of rotatable bonds is 13. The Balaban J connectivity index is 1.56. The summed E-state index contributed by atoms with van der Waals surface area (Å²) in [5.41, 5.74) is 5.99. The summed E-state index contributed by atoms with van der Waals surface area (Å²) in [6.07, 6.45) is 2.91. The first-order valence-electron chi connectivity index (χ1n) is 14.1. The normalized spacial score (nSPS) is 12.2. The van der Waals surface area contributed by atoms with Crippen molar-refractivity contribution in [3.05, 3.63) is 83.1 Å². The molecule has 2 aromatic heterocycles. The van der Waals surface area contributed by atoms with Crippen LogP contribution in [0.5, 0.6) is 11.5 Å². The summed E-state index contributed by atoms with van der Waals surface area (Å²) in [7, 11) is 1.61. The zero-order valence-corrected chi connectivity index (χ0v) is 25.6. The number of amides is 1. The van der Waals surface area contributed by atoms with Crippen LogP contribution in [0.25, 0.3) is 16.9 Å². The summed E-state index contributed by atoms with van der Waals surface area (Å²) in [5, 5.41) is 15.8. The number of nitriles is 1. The van der Waals surface area contributed by atoms with E-state index in [-0.39, 0.29) is 30.2 Å². The first kappa shape index (κ1) is 31.9. The quantitative estimate of drug-likeness (QED) is 0.119. The standard InChI is InChI=1S/C32H38N8O4/c1-31(2,19-35-29(41)22(18-33)17-32(3,4)38-15-16-43-5)20-39-28-26(27(34)36-21-37-28)40(30(39)42)23-11-13-25(14-12-23)44-24-9-7-6-8-10-24/h6-14,17,21,38H,15-16,19-20H2,1-5H3,(H,35,41)(H2,34,36,37). The molecule has 0 radical (unpaired) electrons. The Morgan fingerprint density at radius 2 is 1.75 bits per heavy atom. The second-order valence-electron chi connectivity index (χ2n) is 11.7. The summed E-state index contributed by atoms with van der Waals surface area (Å²) in [4.78, 5) is 35.3. The number of nitrogen functional groups attached to an aromatic ring is 1. The molecule has 230 valence electrons. The topological polar surface area (TPSA) is 162 Å². The minimum absolute atomic E-state index is 0.00954. The predicted molar refractivity (Wildman–Crippen MR) is 168 cm³/mol. The molecule has 0 fully saturated rings. The molecule has 0 aliphatic carbocycles. The van der Waals surface area contributed by atoms with Crippen molar-refractivity contribution in [3.8, 4) is 23.3 Å². The minimum Gasteiger partial charge on any atom is -0.457 e. The van der Waals surface area contributed by atoms with E-state index >= 15 is 0 Å². The summed E-state index contributed by atoms with van der Waals surface area (Å²) < 4.78 is 14.0. The Hall–Kier alpha value is -4.99. The molecule has 0 spiro atoms. The second-order valence-corrected chi connectivity index (χ2v) is 11.7. The van der Waals surface area contributed by atoms with Crippen LogP contribution in [-0.4, -0.2) is 57.4 Å². The summed E-state index contributed by atoms with van der Waals surface area (Å²) >= 11 is 0. The molecule has 2 aromatic carbocycles. The number of imidazole rings is 1. The van der Waals surface area contributed by atoms with Crippen LogP contribution in [0.2, 0.25) is 0 Å². The molecule has 0 saturated carbocycles. The van der Waals surface area contributed by atoms with E-state index in [4.69, 9.17) is 15.2 Å². The van der Waals surface area contributed by atoms with Crippen molar-refractivity contribution < 1.29 is 14.3 Å². The van der Waals surface area contributed by atoms with E-state index in [2.05, 4.69) is 20.6 Å². The molecule has 0 atom stereocenters. The number of hydrogen-bond acceptors (Lipinski definition) is 9. The number of para-hydroxylation sites is 1. The largest absolute Gasteiger partial charge is 0.457 e. The number of nitrogens with zero attached hydrogens (tertiary/aromatic N) is 5. The van der Waals surface area contributed by atoms with Crippen molar-refractivity contribution in [3.63, 3.8) is 0 Å². The number of benzene rings is 2. The van der Waals surface area contributed by atoms with E-state index in [9.17, 15) is 14.9 Å². The Labute approximate surface area is 256 Å². The summed E-state index contributed by atoms with van der Waals surface area (Å²) in [6, 6.07) is 18.5. The Kier molecular flexibility index (Phi) is 9.83. The number of aromatic nitrogens is 4. The molecule has 0 saturated heterocycles. The summed E-state index contributed by atoms with van der Waals surface area (Å²) in [6.45, 7) is 9.03. The molecule has 4 aromatic rings. The number of carbonyl (C=O) groups excluding carboxylic acids is 1. The highest BCUT2D eigenvalue weighted by Gasteiger charge is 2.27. The van der Waals surface area contributed by atoms with Gasteiger partial charge in [0.05, 0.1) is 12.3 Å². The summed E-state index contributed by atoms with van der Waals surface area (Å²) in [5.74, 6) is 0.965. The maximum absolute atomic E-state index is 13.9. The molecule has 44 heavy (non-hydrogen) atoms. The molecule has 4 N–H and O–H groups in total. The Morgan fingerprint density at radius 3 is 2.41 bits per heavy atom. The SMILES string of the molecule is COCCNC(C)(C)C=C(C#N)C(=O)NCC(C)(C)Cn1c(=O)n(-c2ccc(Oc3ccccc3)cc2)c2c(N)ncnc21. The first-order chi connectivity index (χ1) is 20.9. The maximum Gasteiger partial charge on any atom is 0.335 e. The monoisotopic (exact) mass is 598 g/mol.